The van der Waals surface area contributed by atoms with Crippen LogP contribution in [0.25, 0.3) is 0 Å². The Morgan fingerprint density at radius 1 is 1.17 bits per heavy atom. The Labute approximate surface area is 176 Å². The van der Waals surface area contributed by atoms with Crippen LogP contribution in [-0.2, 0) is 21.4 Å². The van der Waals surface area contributed by atoms with Crippen molar-refractivity contribution < 1.29 is 27.2 Å². The highest BCUT2D eigenvalue weighted by molar-refractivity contribution is 7.89. The van der Waals surface area contributed by atoms with Gasteiger partial charge in [-0.05, 0) is 43.7 Å². The SMILES string of the molecule is COc1ccc(OC)c(S(=O)(=O)N2CCCCC2c2noc(COCC3CC3)n2)c1. The third-order valence-corrected chi connectivity index (χ3v) is 7.40. The Kier molecular flexibility index (Phi) is 6.26. The molecule has 2 aromatic rings. The Hall–Kier alpha value is -2.17. The number of hydrogen-bond donors (Lipinski definition) is 0. The van der Waals surface area contributed by atoms with Crippen LogP contribution in [-0.4, -0.2) is 50.2 Å². The summed E-state index contributed by atoms with van der Waals surface area (Å²) in [6.07, 6.45) is 4.67. The molecule has 1 saturated carbocycles. The number of methoxy groups -OCH3 is 2. The van der Waals surface area contributed by atoms with E-state index in [1.54, 1.807) is 12.1 Å². The molecule has 1 aliphatic heterocycles. The average molecular weight is 438 g/mol. The number of hydrogen-bond acceptors (Lipinski definition) is 8. The van der Waals surface area contributed by atoms with Crippen molar-refractivity contribution in [2.45, 2.75) is 49.6 Å². The number of ether oxygens (including phenoxy) is 3. The highest BCUT2D eigenvalue weighted by atomic mass is 32.2. The highest BCUT2D eigenvalue weighted by Crippen LogP contribution is 2.38. The van der Waals surface area contributed by atoms with Gasteiger partial charge < -0.3 is 18.7 Å². The number of rotatable bonds is 9. The number of aromatic nitrogens is 2. The first-order chi connectivity index (χ1) is 14.5. The molecule has 0 radical (unpaired) electrons. The summed E-state index contributed by atoms with van der Waals surface area (Å²) in [5, 5.41) is 4.06. The van der Waals surface area contributed by atoms with Gasteiger partial charge in [-0.25, -0.2) is 8.42 Å². The summed E-state index contributed by atoms with van der Waals surface area (Å²) in [5.41, 5.74) is 0. The zero-order valence-electron chi connectivity index (χ0n) is 17.2. The topological polar surface area (TPSA) is 104 Å². The van der Waals surface area contributed by atoms with Crippen molar-refractivity contribution in [3.63, 3.8) is 0 Å². The van der Waals surface area contributed by atoms with E-state index in [-0.39, 0.29) is 17.3 Å². The van der Waals surface area contributed by atoms with E-state index in [0.717, 1.165) is 12.8 Å². The molecule has 4 rings (SSSR count). The minimum absolute atomic E-state index is 0.0627. The molecule has 2 fully saturated rings. The van der Waals surface area contributed by atoms with E-state index in [4.69, 9.17) is 18.7 Å². The summed E-state index contributed by atoms with van der Waals surface area (Å²) in [7, 11) is -0.930. The average Bonchev–Trinajstić information content (AvgIpc) is 3.48. The first kappa shape index (κ1) is 21.1. The summed E-state index contributed by atoms with van der Waals surface area (Å²) in [4.78, 5) is 4.48. The van der Waals surface area contributed by atoms with Gasteiger partial charge in [0.2, 0.25) is 10.0 Å². The number of piperidine rings is 1. The van der Waals surface area contributed by atoms with Gasteiger partial charge in [0, 0.05) is 12.6 Å². The predicted octanol–water partition coefficient (Wildman–Crippen LogP) is 2.93. The fraction of sp³-hybridized carbons (Fsp3) is 0.600. The van der Waals surface area contributed by atoms with Gasteiger partial charge in [-0.1, -0.05) is 11.6 Å². The van der Waals surface area contributed by atoms with Crippen molar-refractivity contribution in [3.05, 3.63) is 29.9 Å². The van der Waals surface area contributed by atoms with Crippen LogP contribution in [0.1, 0.15) is 49.9 Å². The molecule has 164 valence electrons. The fourth-order valence-electron chi connectivity index (χ4n) is 3.62. The molecule has 1 saturated heterocycles. The number of benzene rings is 1. The first-order valence-corrected chi connectivity index (χ1v) is 11.6. The zero-order chi connectivity index (χ0) is 21.1. The van der Waals surface area contributed by atoms with Gasteiger partial charge in [-0.3, -0.25) is 0 Å². The lowest BCUT2D eigenvalue weighted by Crippen LogP contribution is -2.39. The normalized spacial score (nSPS) is 20.3. The minimum atomic E-state index is -3.87. The van der Waals surface area contributed by atoms with Crippen molar-refractivity contribution in [3.8, 4) is 11.5 Å². The quantitative estimate of drug-likeness (QED) is 0.590. The molecule has 1 aliphatic carbocycles. The lowest BCUT2D eigenvalue weighted by atomic mass is 10.0. The Bertz CT molecular complexity index is 973. The maximum atomic E-state index is 13.6. The largest absolute Gasteiger partial charge is 0.497 e. The molecule has 30 heavy (non-hydrogen) atoms. The van der Waals surface area contributed by atoms with E-state index in [9.17, 15) is 8.42 Å². The summed E-state index contributed by atoms with van der Waals surface area (Å²) >= 11 is 0. The molecular formula is C20H27N3O6S. The van der Waals surface area contributed by atoms with Gasteiger partial charge in [0.15, 0.2) is 5.82 Å². The van der Waals surface area contributed by atoms with Gasteiger partial charge in [0.05, 0.1) is 26.9 Å². The fourth-order valence-corrected chi connectivity index (χ4v) is 5.45. The van der Waals surface area contributed by atoms with Crippen molar-refractivity contribution in [1.82, 2.24) is 14.4 Å². The molecule has 10 heteroatoms. The van der Waals surface area contributed by atoms with Gasteiger partial charge >= 0.3 is 0 Å². The summed E-state index contributed by atoms with van der Waals surface area (Å²) in [6, 6.07) is 4.24. The van der Waals surface area contributed by atoms with Crippen LogP contribution in [0.15, 0.2) is 27.6 Å². The maximum Gasteiger partial charge on any atom is 0.252 e. The summed E-state index contributed by atoms with van der Waals surface area (Å²) < 4.78 is 50.0. The molecule has 0 bridgehead atoms. The summed E-state index contributed by atoms with van der Waals surface area (Å²) in [6.45, 7) is 1.30. The number of nitrogens with zero attached hydrogens (tertiary/aromatic N) is 3. The van der Waals surface area contributed by atoms with E-state index >= 15 is 0 Å². The van der Waals surface area contributed by atoms with Crippen LogP contribution in [0.2, 0.25) is 0 Å². The molecule has 1 atom stereocenters. The van der Waals surface area contributed by atoms with Gasteiger partial charge in [-0.15, -0.1) is 0 Å². The predicted molar refractivity (Wildman–Crippen MR) is 107 cm³/mol. The molecule has 0 N–H and O–H groups in total. The van der Waals surface area contributed by atoms with Crippen molar-refractivity contribution in [1.29, 1.82) is 0 Å². The second-order valence-corrected chi connectivity index (χ2v) is 9.51. The molecule has 1 aromatic heterocycles. The van der Waals surface area contributed by atoms with Crippen molar-refractivity contribution >= 4 is 10.0 Å². The van der Waals surface area contributed by atoms with E-state index < -0.39 is 16.1 Å². The van der Waals surface area contributed by atoms with Crippen LogP contribution in [0, 0.1) is 5.92 Å². The molecule has 0 spiro atoms. The van der Waals surface area contributed by atoms with Crippen LogP contribution in [0.3, 0.4) is 0 Å². The van der Waals surface area contributed by atoms with Crippen molar-refractivity contribution in [2.75, 3.05) is 27.4 Å². The highest BCUT2D eigenvalue weighted by Gasteiger charge is 2.38. The Morgan fingerprint density at radius 2 is 2.00 bits per heavy atom. The van der Waals surface area contributed by atoms with Crippen molar-refractivity contribution in [2.24, 2.45) is 5.92 Å². The molecular weight excluding hydrogens is 410 g/mol. The first-order valence-electron chi connectivity index (χ1n) is 10.2. The molecule has 9 nitrogen and oxygen atoms in total. The standard InChI is InChI=1S/C20H27N3O6S/c1-26-15-8-9-17(27-2)18(11-15)30(24,25)23-10-4-3-5-16(23)20-21-19(29-22-20)13-28-12-14-6-7-14/h8-9,11,14,16H,3-7,10,12-13H2,1-2H3. The third kappa shape index (κ3) is 4.45. The lowest BCUT2D eigenvalue weighted by Gasteiger charge is -2.33. The molecule has 2 aliphatic rings. The van der Waals surface area contributed by atoms with Gasteiger partial charge in [0.1, 0.15) is 23.0 Å². The Balaban J connectivity index is 1.58. The monoisotopic (exact) mass is 437 g/mol. The Morgan fingerprint density at radius 3 is 2.73 bits per heavy atom. The molecule has 1 aromatic carbocycles. The van der Waals surface area contributed by atoms with Crippen LogP contribution in [0.5, 0.6) is 11.5 Å². The minimum Gasteiger partial charge on any atom is -0.497 e. The zero-order valence-corrected chi connectivity index (χ0v) is 18.1. The van der Waals surface area contributed by atoms with E-state index in [1.165, 1.54) is 37.4 Å². The second-order valence-electron chi connectivity index (χ2n) is 7.65. The van der Waals surface area contributed by atoms with Gasteiger partial charge in [-0.2, -0.15) is 9.29 Å². The van der Waals surface area contributed by atoms with Crippen LogP contribution >= 0.6 is 0 Å². The molecule has 0 amide bonds. The number of sulfonamides is 1. The van der Waals surface area contributed by atoms with E-state index in [0.29, 0.717) is 43.0 Å². The van der Waals surface area contributed by atoms with E-state index in [1.807, 2.05) is 0 Å². The molecule has 1 unspecified atom stereocenters. The smallest absolute Gasteiger partial charge is 0.252 e. The maximum absolute atomic E-state index is 13.6. The second kappa shape index (κ2) is 8.91. The third-order valence-electron chi connectivity index (χ3n) is 5.47. The van der Waals surface area contributed by atoms with Crippen LogP contribution in [0.4, 0.5) is 0 Å². The van der Waals surface area contributed by atoms with Gasteiger partial charge in [0.25, 0.3) is 5.89 Å². The molecule has 2 heterocycles. The summed E-state index contributed by atoms with van der Waals surface area (Å²) in [5.74, 6) is 2.09. The lowest BCUT2D eigenvalue weighted by molar-refractivity contribution is 0.0894. The van der Waals surface area contributed by atoms with Crippen LogP contribution < -0.4 is 9.47 Å². The van der Waals surface area contributed by atoms with E-state index in [2.05, 4.69) is 10.1 Å².